The van der Waals surface area contributed by atoms with Gasteiger partial charge in [-0.05, 0) is 42.8 Å². The zero-order valence-corrected chi connectivity index (χ0v) is 14.1. The van der Waals surface area contributed by atoms with Crippen LogP contribution in [0.1, 0.15) is 18.4 Å². The van der Waals surface area contributed by atoms with E-state index in [1.807, 2.05) is 18.2 Å². The maximum Gasteiger partial charge on any atom is 0.349 e. The molecule has 4 nitrogen and oxygen atoms in total. The molecule has 0 radical (unpaired) electrons. The van der Waals surface area contributed by atoms with Crippen molar-refractivity contribution in [1.82, 2.24) is 4.90 Å². The van der Waals surface area contributed by atoms with E-state index in [2.05, 4.69) is 17.0 Å². The highest BCUT2D eigenvalue weighted by Crippen LogP contribution is 2.29. The Bertz CT molecular complexity index is 690. The van der Waals surface area contributed by atoms with Crippen LogP contribution in [0.4, 0.5) is 0 Å². The van der Waals surface area contributed by atoms with E-state index in [0.29, 0.717) is 23.7 Å². The SMILES string of the molecule is O=C(O)C1(Oc2ccc(Cl)cc2)CCCN(Cc2ccccc2)C1. The minimum atomic E-state index is -1.22. The van der Waals surface area contributed by atoms with Gasteiger partial charge < -0.3 is 9.84 Å². The average molecular weight is 346 g/mol. The standard InChI is InChI=1S/C19H20ClNO3/c20-16-7-9-17(10-8-16)24-19(18(22)23)11-4-12-21(14-19)13-15-5-2-1-3-6-15/h1-3,5-10H,4,11-14H2,(H,22,23). The van der Waals surface area contributed by atoms with Crippen molar-refractivity contribution in [3.63, 3.8) is 0 Å². The second kappa shape index (κ2) is 7.24. The lowest BCUT2D eigenvalue weighted by atomic mass is 9.92. The first-order chi connectivity index (χ1) is 11.6. The molecule has 24 heavy (non-hydrogen) atoms. The number of hydrogen-bond acceptors (Lipinski definition) is 3. The summed E-state index contributed by atoms with van der Waals surface area (Å²) in [5.74, 6) is -0.390. The number of nitrogens with zero attached hydrogens (tertiary/aromatic N) is 1. The molecule has 0 amide bonds. The molecule has 1 heterocycles. The van der Waals surface area contributed by atoms with Crippen LogP contribution in [-0.2, 0) is 11.3 Å². The number of carboxylic acids is 1. The summed E-state index contributed by atoms with van der Waals surface area (Å²) in [6.45, 7) is 1.95. The predicted octanol–water partition coefficient (Wildman–Crippen LogP) is 3.84. The Balaban J connectivity index is 1.76. The fourth-order valence-corrected chi connectivity index (χ4v) is 3.24. The van der Waals surface area contributed by atoms with Crippen LogP contribution >= 0.6 is 11.6 Å². The van der Waals surface area contributed by atoms with Crippen molar-refractivity contribution in [3.8, 4) is 5.75 Å². The number of aliphatic carboxylic acids is 1. The number of ether oxygens (including phenoxy) is 1. The molecule has 5 heteroatoms. The molecular weight excluding hydrogens is 326 g/mol. The lowest BCUT2D eigenvalue weighted by Crippen LogP contribution is -2.56. The molecule has 126 valence electrons. The van der Waals surface area contributed by atoms with E-state index >= 15 is 0 Å². The largest absolute Gasteiger partial charge is 0.478 e. The summed E-state index contributed by atoms with van der Waals surface area (Å²) in [5, 5.41) is 10.4. The zero-order chi connectivity index (χ0) is 17.0. The number of likely N-dealkylation sites (tertiary alicyclic amines) is 1. The van der Waals surface area contributed by atoms with Crippen LogP contribution in [0.2, 0.25) is 5.02 Å². The van der Waals surface area contributed by atoms with Gasteiger partial charge in [0, 0.05) is 24.5 Å². The fraction of sp³-hybridized carbons (Fsp3) is 0.316. The molecule has 2 aromatic carbocycles. The first-order valence-electron chi connectivity index (χ1n) is 8.02. The van der Waals surface area contributed by atoms with Gasteiger partial charge in [-0.1, -0.05) is 41.9 Å². The molecule has 1 aliphatic heterocycles. The molecule has 0 aromatic heterocycles. The quantitative estimate of drug-likeness (QED) is 0.894. The third-order valence-corrected chi connectivity index (χ3v) is 4.55. The summed E-state index contributed by atoms with van der Waals surface area (Å²) in [4.78, 5) is 14.1. The number of piperidine rings is 1. The summed E-state index contributed by atoms with van der Waals surface area (Å²) in [7, 11) is 0. The Morgan fingerprint density at radius 2 is 1.88 bits per heavy atom. The van der Waals surface area contributed by atoms with Crippen LogP contribution < -0.4 is 4.74 Å². The number of carbonyl (C=O) groups is 1. The van der Waals surface area contributed by atoms with Gasteiger partial charge in [-0.25, -0.2) is 4.79 Å². The van der Waals surface area contributed by atoms with Gasteiger partial charge in [0.2, 0.25) is 5.60 Å². The van der Waals surface area contributed by atoms with E-state index in [4.69, 9.17) is 16.3 Å². The Morgan fingerprint density at radius 1 is 1.17 bits per heavy atom. The third kappa shape index (κ3) is 3.89. The number of carboxylic acid groups (broad SMARTS) is 1. The van der Waals surface area contributed by atoms with Crippen LogP contribution in [0.5, 0.6) is 5.75 Å². The monoisotopic (exact) mass is 345 g/mol. The summed E-state index contributed by atoms with van der Waals surface area (Å²) in [6, 6.07) is 16.9. The molecule has 0 saturated carbocycles. The predicted molar refractivity (Wildman–Crippen MR) is 93.4 cm³/mol. The van der Waals surface area contributed by atoms with Crippen molar-refractivity contribution >= 4 is 17.6 Å². The maximum absolute atomic E-state index is 12.0. The van der Waals surface area contributed by atoms with E-state index in [0.717, 1.165) is 19.5 Å². The molecule has 0 bridgehead atoms. The van der Waals surface area contributed by atoms with Gasteiger partial charge in [-0.15, -0.1) is 0 Å². The Kier molecular flexibility index (Phi) is 5.07. The minimum Gasteiger partial charge on any atom is -0.478 e. The zero-order valence-electron chi connectivity index (χ0n) is 13.3. The van der Waals surface area contributed by atoms with Crippen LogP contribution in [0.25, 0.3) is 0 Å². The minimum absolute atomic E-state index is 0.361. The number of rotatable bonds is 5. The highest BCUT2D eigenvalue weighted by Gasteiger charge is 2.45. The second-order valence-electron chi connectivity index (χ2n) is 6.16. The van der Waals surface area contributed by atoms with Gasteiger partial charge in [0.1, 0.15) is 5.75 Å². The first-order valence-corrected chi connectivity index (χ1v) is 8.39. The van der Waals surface area contributed by atoms with E-state index in [1.54, 1.807) is 24.3 Å². The summed E-state index contributed by atoms with van der Waals surface area (Å²) in [6.07, 6.45) is 1.28. The van der Waals surface area contributed by atoms with Crippen LogP contribution in [-0.4, -0.2) is 34.7 Å². The summed E-state index contributed by atoms with van der Waals surface area (Å²) < 4.78 is 5.93. The summed E-state index contributed by atoms with van der Waals surface area (Å²) >= 11 is 5.88. The van der Waals surface area contributed by atoms with E-state index < -0.39 is 11.6 Å². The molecule has 1 aliphatic rings. The van der Waals surface area contributed by atoms with Crippen molar-refractivity contribution < 1.29 is 14.6 Å². The fourth-order valence-electron chi connectivity index (χ4n) is 3.11. The lowest BCUT2D eigenvalue weighted by molar-refractivity contribution is -0.160. The molecule has 0 aliphatic carbocycles. The Morgan fingerprint density at radius 3 is 2.54 bits per heavy atom. The smallest absolute Gasteiger partial charge is 0.349 e. The average Bonchev–Trinajstić information content (AvgIpc) is 2.58. The highest BCUT2D eigenvalue weighted by molar-refractivity contribution is 6.30. The molecule has 1 atom stereocenters. The molecule has 1 N–H and O–H groups in total. The van der Waals surface area contributed by atoms with Gasteiger partial charge in [0.05, 0.1) is 0 Å². The van der Waals surface area contributed by atoms with Crippen molar-refractivity contribution in [2.75, 3.05) is 13.1 Å². The topological polar surface area (TPSA) is 49.8 Å². The maximum atomic E-state index is 12.0. The second-order valence-corrected chi connectivity index (χ2v) is 6.59. The van der Waals surface area contributed by atoms with Gasteiger partial charge in [0.15, 0.2) is 0 Å². The highest BCUT2D eigenvalue weighted by atomic mass is 35.5. The Hall–Kier alpha value is -2.04. The van der Waals surface area contributed by atoms with E-state index in [1.165, 1.54) is 5.56 Å². The molecule has 1 unspecified atom stereocenters. The van der Waals surface area contributed by atoms with Crippen LogP contribution in [0.15, 0.2) is 54.6 Å². The van der Waals surface area contributed by atoms with Gasteiger partial charge >= 0.3 is 5.97 Å². The molecular formula is C19H20ClNO3. The molecule has 0 spiro atoms. The van der Waals surface area contributed by atoms with Crippen LogP contribution in [0.3, 0.4) is 0 Å². The number of hydrogen-bond donors (Lipinski definition) is 1. The number of halogens is 1. The van der Waals surface area contributed by atoms with E-state index in [9.17, 15) is 9.90 Å². The summed E-state index contributed by atoms with van der Waals surface area (Å²) in [5.41, 5.74) is -0.0499. The molecule has 1 fully saturated rings. The van der Waals surface area contributed by atoms with Crippen molar-refractivity contribution in [3.05, 3.63) is 65.2 Å². The molecule has 1 saturated heterocycles. The van der Waals surface area contributed by atoms with Crippen LogP contribution in [0, 0.1) is 0 Å². The van der Waals surface area contributed by atoms with Crippen molar-refractivity contribution in [2.24, 2.45) is 0 Å². The van der Waals surface area contributed by atoms with E-state index in [-0.39, 0.29) is 0 Å². The number of benzene rings is 2. The Labute approximate surface area is 146 Å². The first kappa shape index (κ1) is 16.8. The molecule has 2 aromatic rings. The van der Waals surface area contributed by atoms with Gasteiger partial charge in [0.25, 0.3) is 0 Å². The molecule has 3 rings (SSSR count). The van der Waals surface area contributed by atoms with Gasteiger partial charge in [-0.2, -0.15) is 0 Å². The normalized spacial score (nSPS) is 21.4. The lowest BCUT2D eigenvalue weighted by Gasteiger charge is -2.39. The van der Waals surface area contributed by atoms with Crippen molar-refractivity contribution in [2.45, 2.75) is 25.0 Å². The van der Waals surface area contributed by atoms with Crippen molar-refractivity contribution in [1.29, 1.82) is 0 Å². The van der Waals surface area contributed by atoms with Gasteiger partial charge in [-0.3, -0.25) is 4.90 Å². The third-order valence-electron chi connectivity index (χ3n) is 4.30.